The Kier molecular flexibility index (Phi) is 3.80. The van der Waals surface area contributed by atoms with Crippen LogP contribution in [0, 0.1) is 0 Å². The van der Waals surface area contributed by atoms with E-state index in [1.54, 1.807) is 17.4 Å². The first-order chi connectivity index (χ1) is 12.2. The fourth-order valence-electron chi connectivity index (χ4n) is 3.58. The highest BCUT2D eigenvalue weighted by Crippen LogP contribution is 2.39. The number of aromatic nitrogens is 3. The van der Waals surface area contributed by atoms with Gasteiger partial charge in [-0.2, -0.15) is 0 Å². The zero-order chi connectivity index (χ0) is 17.4. The summed E-state index contributed by atoms with van der Waals surface area (Å²) in [5, 5.41) is 11.3. The van der Waals surface area contributed by atoms with Gasteiger partial charge in [-0.05, 0) is 19.4 Å². The second kappa shape index (κ2) is 6.12. The zero-order valence-corrected chi connectivity index (χ0v) is 14.0. The first-order valence-electron chi connectivity index (χ1n) is 8.39. The smallest absolute Gasteiger partial charge is 0.289 e. The number of hydrogen-bond acceptors (Lipinski definition) is 3. The van der Waals surface area contributed by atoms with Gasteiger partial charge in [-0.3, -0.25) is 4.79 Å². The van der Waals surface area contributed by atoms with E-state index in [1.807, 2.05) is 48.1 Å². The van der Waals surface area contributed by atoms with Crippen molar-refractivity contribution in [1.29, 1.82) is 0 Å². The Morgan fingerprint density at radius 2 is 2.12 bits per heavy atom. The number of nitrogens with one attached hydrogen (secondary N) is 1. The van der Waals surface area contributed by atoms with Crippen molar-refractivity contribution in [3.63, 3.8) is 0 Å². The van der Waals surface area contributed by atoms with E-state index in [0.717, 1.165) is 29.4 Å². The van der Waals surface area contributed by atoms with Crippen LogP contribution in [-0.2, 0) is 11.3 Å². The van der Waals surface area contributed by atoms with Crippen LogP contribution in [0.5, 0.6) is 0 Å². The molecule has 1 aliphatic heterocycles. The lowest BCUT2D eigenvalue weighted by Crippen LogP contribution is -2.31. The van der Waals surface area contributed by atoms with E-state index >= 15 is 0 Å². The minimum Gasteiger partial charge on any atom is -0.503 e. The van der Waals surface area contributed by atoms with Crippen molar-refractivity contribution in [3.8, 4) is 0 Å². The first-order valence-corrected chi connectivity index (χ1v) is 8.39. The van der Waals surface area contributed by atoms with Crippen molar-refractivity contribution in [2.45, 2.75) is 25.9 Å². The summed E-state index contributed by atoms with van der Waals surface area (Å²) < 4.78 is 1.99. The van der Waals surface area contributed by atoms with Gasteiger partial charge in [-0.1, -0.05) is 18.2 Å². The number of carbonyl (C=O) groups excluding carboxylic acids is 1. The maximum atomic E-state index is 12.5. The highest BCUT2D eigenvalue weighted by molar-refractivity contribution is 5.96. The number of para-hydroxylation sites is 1. The zero-order valence-electron chi connectivity index (χ0n) is 14.0. The van der Waals surface area contributed by atoms with E-state index in [4.69, 9.17) is 0 Å². The van der Waals surface area contributed by atoms with E-state index in [-0.39, 0.29) is 17.7 Å². The Labute approximate surface area is 145 Å². The van der Waals surface area contributed by atoms with Crippen LogP contribution in [0.4, 0.5) is 0 Å². The van der Waals surface area contributed by atoms with Gasteiger partial charge in [0.25, 0.3) is 5.91 Å². The van der Waals surface area contributed by atoms with Crippen LogP contribution in [0.15, 0.2) is 60.5 Å². The SMILES string of the molecule is CC1=C(O)C(=O)N(CCCn2ccnc2)C1c1c[nH]c2ccccc12. The molecule has 128 valence electrons. The molecule has 0 saturated heterocycles. The molecule has 0 radical (unpaired) electrons. The van der Waals surface area contributed by atoms with Crippen molar-refractivity contribution < 1.29 is 9.90 Å². The third kappa shape index (κ3) is 2.59. The number of nitrogens with zero attached hydrogens (tertiary/aromatic N) is 3. The number of aliphatic hydroxyl groups is 1. The topological polar surface area (TPSA) is 74.2 Å². The summed E-state index contributed by atoms with van der Waals surface area (Å²) in [5.74, 6) is -0.420. The van der Waals surface area contributed by atoms with Crippen molar-refractivity contribution >= 4 is 16.8 Å². The Morgan fingerprint density at radius 3 is 2.92 bits per heavy atom. The number of amides is 1. The second-order valence-corrected chi connectivity index (χ2v) is 6.38. The molecule has 1 unspecified atom stereocenters. The average molecular weight is 336 g/mol. The van der Waals surface area contributed by atoms with E-state index in [2.05, 4.69) is 9.97 Å². The van der Waals surface area contributed by atoms with Crippen LogP contribution in [0.25, 0.3) is 10.9 Å². The molecule has 2 aromatic heterocycles. The molecule has 1 atom stereocenters. The monoisotopic (exact) mass is 336 g/mol. The normalized spacial score (nSPS) is 17.9. The van der Waals surface area contributed by atoms with Crippen LogP contribution >= 0.6 is 0 Å². The standard InChI is InChI=1S/C19H20N4O2/c1-13-17(15-11-21-16-6-3-2-5-14(15)16)23(19(25)18(13)24)9-4-8-22-10-7-20-12-22/h2-3,5-7,10-12,17,21,24H,4,8-9H2,1H3. The number of fused-ring (bicyclic) bond motifs is 1. The van der Waals surface area contributed by atoms with Crippen LogP contribution in [0.2, 0.25) is 0 Å². The molecule has 0 bridgehead atoms. The minimum atomic E-state index is -0.293. The number of benzene rings is 1. The van der Waals surface area contributed by atoms with Gasteiger partial charge in [0, 0.05) is 53.7 Å². The van der Waals surface area contributed by atoms with Crippen molar-refractivity contribution in [2.24, 2.45) is 0 Å². The number of rotatable bonds is 5. The second-order valence-electron chi connectivity index (χ2n) is 6.38. The Hall–Kier alpha value is -3.02. The lowest BCUT2D eigenvalue weighted by molar-refractivity contribution is -0.129. The highest BCUT2D eigenvalue weighted by atomic mass is 16.3. The average Bonchev–Trinajstić information content (AvgIpc) is 3.33. The third-order valence-corrected chi connectivity index (χ3v) is 4.85. The van der Waals surface area contributed by atoms with Crippen LogP contribution < -0.4 is 0 Å². The van der Waals surface area contributed by atoms with E-state index in [9.17, 15) is 9.90 Å². The lowest BCUT2D eigenvalue weighted by Gasteiger charge is -2.26. The van der Waals surface area contributed by atoms with Gasteiger partial charge in [0.1, 0.15) is 0 Å². The summed E-state index contributed by atoms with van der Waals surface area (Å²) in [6.07, 6.45) is 8.15. The van der Waals surface area contributed by atoms with Gasteiger partial charge in [0.15, 0.2) is 5.76 Å². The number of aliphatic hydroxyl groups excluding tert-OH is 1. The predicted octanol–water partition coefficient (Wildman–Crippen LogP) is 3.17. The van der Waals surface area contributed by atoms with Crippen molar-refractivity contribution in [3.05, 3.63) is 66.1 Å². The molecule has 6 nitrogen and oxygen atoms in total. The molecule has 3 heterocycles. The number of aryl methyl sites for hydroxylation is 1. The molecule has 3 aromatic rings. The fraction of sp³-hybridized carbons (Fsp3) is 0.263. The molecule has 4 rings (SSSR count). The molecule has 0 saturated carbocycles. The summed E-state index contributed by atoms with van der Waals surface area (Å²) >= 11 is 0. The Bertz CT molecular complexity index is 939. The molecule has 0 fully saturated rings. The molecule has 1 aliphatic rings. The van der Waals surface area contributed by atoms with Crippen LogP contribution in [-0.4, -0.2) is 37.0 Å². The van der Waals surface area contributed by atoms with Crippen LogP contribution in [0.3, 0.4) is 0 Å². The Morgan fingerprint density at radius 1 is 1.28 bits per heavy atom. The molecule has 6 heteroatoms. The number of carbonyl (C=O) groups is 1. The third-order valence-electron chi connectivity index (χ3n) is 4.85. The fourth-order valence-corrected chi connectivity index (χ4v) is 3.58. The highest BCUT2D eigenvalue weighted by Gasteiger charge is 2.38. The van der Waals surface area contributed by atoms with Gasteiger partial charge in [0.2, 0.25) is 0 Å². The maximum Gasteiger partial charge on any atom is 0.289 e. The predicted molar refractivity (Wildman–Crippen MR) is 94.9 cm³/mol. The molecular weight excluding hydrogens is 316 g/mol. The minimum absolute atomic E-state index is 0.127. The summed E-state index contributed by atoms with van der Waals surface area (Å²) in [7, 11) is 0. The molecular formula is C19H20N4O2. The summed E-state index contributed by atoms with van der Waals surface area (Å²) in [6, 6.07) is 7.78. The maximum absolute atomic E-state index is 12.5. The van der Waals surface area contributed by atoms with Crippen molar-refractivity contribution in [2.75, 3.05) is 6.54 Å². The van der Waals surface area contributed by atoms with Crippen molar-refractivity contribution in [1.82, 2.24) is 19.4 Å². The largest absolute Gasteiger partial charge is 0.503 e. The molecule has 0 aliphatic carbocycles. The van der Waals surface area contributed by atoms with Gasteiger partial charge in [-0.15, -0.1) is 0 Å². The number of hydrogen-bond donors (Lipinski definition) is 2. The molecule has 25 heavy (non-hydrogen) atoms. The van der Waals surface area contributed by atoms with E-state index in [1.165, 1.54) is 0 Å². The van der Waals surface area contributed by atoms with Gasteiger partial charge >= 0.3 is 0 Å². The van der Waals surface area contributed by atoms with Crippen LogP contribution in [0.1, 0.15) is 24.9 Å². The quantitative estimate of drug-likeness (QED) is 0.751. The number of aromatic amines is 1. The number of imidazole rings is 1. The Balaban J connectivity index is 1.62. The summed E-state index contributed by atoms with van der Waals surface area (Å²) in [6.45, 7) is 3.18. The number of H-pyrrole nitrogens is 1. The van der Waals surface area contributed by atoms with E-state index in [0.29, 0.717) is 12.1 Å². The summed E-state index contributed by atoms with van der Waals surface area (Å²) in [5.41, 5.74) is 2.76. The van der Waals surface area contributed by atoms with Gasteiger partial charge in [-0.25, -0.2) is 4.98 Å². The summed E-state index contributed by atoms with van der Waals surface area (Å²) in [4.78, 5) is 21.6. The molecule has 1 aromatic carbocycles. The van der Waals surface area contributed by atoms with Gasteiger partial charge < -0.3 is 19.6 Å². The molecule has 1 amide bonds. The first kappa shape index (κ1) is 15.5. The molecule has 2 N–H and O–H groups in total. The lowest BCUT2D eigenvalue weighted by atomic mass is 10.00. The molecule has 0 spiro atoms. The van der Waals surface area contributed by atoms with E-state index < -0.39 is 0 Å². The van der Waals surface area contributed by atoms with Gasteiger partial charge in [0.05, 0.1) is 12.4 Å².